The first-order valence-electron chi connectivity index (χ1n) is 6.93. The normalized spacial score (nSPS) is 10.8. The summed E-state index contributed by atoms with van der Waals surface area (Å²) >= 11 is 0. The molecule has 0 aliphatic rings. The molecule has 0 aromatic carbocycles. The van der Waals surface area contributed by atoms with E-state index in [4.69, 9.17) is 0 Å². The van der Waals surface area contributed by atoms with E-state index in [0.717, 1.165) is 18.9 Å². The van der Waals surface area contributed by atoms with Crippen molar-refractivity contribution in [3.8, 4) is 0 Å². The summed E-state index contributed by atoms with van der Waals surface area (Å²) in [6, 6.07) is 0. The summed E-state index contributed by atoms with van der Waals surface area (Å²) in [6.07, 6.45) is 9.79. The van der Waals surface area contributed by atoms with Crippen molar-refractivity contribution in [1.29, 1.82) is 0 Å². The highest BCUT2D eigenvalue weighted by Crippen LogP contribution is 2.10. The third-order valence-corrected chi connectivity index (χ3v) is 2.85. The Hall–Kier alpha value is -0.530. The fourth-order valence-corrected chi connectivity index (χ4v) is 1.74. The lowest BCUT2D eigenvalue weighted by atomic mass is 10.0. The van der Waals surface area contributed by atoms with Crippen LogP contribution in [-0.4, -0.2) is 12.5 Å². The Morgan fingerprint density at radius 1 is 1.00 bits per heavy atom. The number of hydrogen-bond donors (Lipinski definition) is 1. The molecule has 0 unspecified atom stereocenters. The lowest BCUT2D eigenvalue weighted by molar-refractivity contribution is -0.120. The highest BCUT2D eigenvalue weighted by atomic mass is 16.1. The summed E-state index contributed by atoms with van der Waals surface area (Å²) in [7, 11) is 0. The summed E-state index contributed by atoms with van der Waals surface area (Å²) in [5.74, 6) is 1.03. The van der Waals surface area contributed by atoms with Crippen LogP contribution in [0.15, 0.2) is 0 Å². The number of carbonyl (C=O) groups excluding carboxylic acids is 1. The Labute approximate surface area is 101 Å². The van der Waals surface area contributed by atoms with E-state index in [1.165, 1.54) is 38.5 Å². The highest BCUT2D eigenvalue weighted by molar-refractivity contribution is 5.75. The van der Waals surface area contributed by atoms with Gasteiger partial charge in [-0.05, 0) is 12.3 Å². The zero-order valence-corrected chi connectivity index (χ0v) is 11.3. The molecule has 2 heteroatoms. The minimum Gasteiger partial charge on any atom is -0.356 e. The van der Waals surface area contributed by atoms with Gasteiger partial charge in [-0.1, -0.05) is 59.3 Å². The Morgan fingerprint density at radius 2 is 1.56 bits per heavy atom. The molecule has 16 heavy (non-hydrogen) atoms. The first-order valence-corrected chi connectivity index (χ1v) is 6.93. The topological polar surface area (TPSA) is 29.1 Å². The van der Waals surface area contributed by atoms with Crippen LogP contribution in [-0.2, 0) is 4.79 Å². The fraction of sp³-hybridized carbons (Fsp3) is 0.929. The monoisotopic (exact) mass is 227 g/mol. The summed E-state index contributed by atoms with van der Waals surface area (Å²) in [5.41, 5.74) is 0. The predicted molar refractivity (Wildman–Crippen MR) is 70.5 cm³/mol. The maximum Gasteiger partial charge on any atom is 0.219 e. The molecule has 0 saturated carbocycles. The van der Waals surface area contributed by atoms with Crippen molar-refractivity contribution in [2.45, 2.75) is 72.1 Å². The van der Waals surface area contributed by atoms with Crippen molar-refractivity contribution < 1.29 is 4.79 Å². The lowest BCUT2D eigenvalue weighted by Crippen LogP contribution is -2.23. The van der Waals surface area contributed by atoms with Crippen LogP contribution in [0.3, 0.4) is 0 Å². The molecule has 0 aliphatic carbocycles. The second kappa shape index (κ2) is 11.0. The molecule has 0 aliphatic heterocycles. The van der Waals surface area contributed by atoms with Gasteiger partial charge in [0.25, 0.3) is 0 Å². The Balaban J connectivity index is 3.01. The maximum absolute atomic E-state index is 10.9. The average Bonchev–Trinajstić information content (AvgIpc) is 2.26. The minimum absolute atomic E-state index is 0.178. The summed E-state index contributed by atoms with van der Waals surface area (Å²) in [6.45, 7) is 7.33. The summed E-state index contributed by atoms with van der Waals surface area (Å²) < 4.78 is 0. The van der Waals surface area contributed by atoms with E-state index in [0.29, 0.717) is 6.42 Å². The molecule has 1 amide bonds. The second-order valence-electron chi connectivity index (χ2n) is 5.01. The van der Waals surface area contributed by atoms with E-state index in [-0.39, 0.29) is 5.91 Å². The summed E-state index contributed by atoms with van der Waals surface area (Å²) in [4.78, 5) is 10.9. The molecular weight excluding hydrogens is 198 g/mol. The zero-order valence-electron chi connectivity index (χ0n) is 11.3. The van der Waals surface area contributed by atoms with E-state index in [9.17, 15) is 4.79 Å². The number of unbranched alkanes of at least 4 members (excludes halogenated alkanes) is 5. The third kappa shape index (κ3) is 11.5. The quantitative estimate of drug-likeness (QED) is 0.563. The number of carbonyl (C=O) groups is 1. The molecule has 0 aromatic rings. The Morgan fingerprint density at radius 3 is 2.12 bits per heavy atom. The SMILES string of the molecule is CCC(=O)NCCCCCCCCC(C)C. The molecule has 0 aromatic heterocycles. The van der Waals surface area contributed by atoms with Crippen LogP contribution in [0.1, 0.15) is 72.1 Å². The van der Waals surface area contributed by atoms with Gasteiger partial charge in [0, 0.05) is 13.0 Å². The number of amides is 1. The first kappa shape index (κ1) is 15.5. The lowest BCUT2D eigenvalue weighted by Gasteiger charge is -2.05. The second-order valence-corrected chi connectivity index (χ2v) is 5.01. The van der Waals surface area contributed by atoms with Crippen molar-refractivity contribution in [3.05, 3.63) is 0 Å². The van der Waals surface area contributed by atoms with Gasteiger partial charge in [-0.3, -0.25) is 4.79 Å². The van der Waals surface area contributed by atoms with Gasteiger partial charge < -0.3 is 5.32 Å². The van der Waals surface area contributed by atoms with Gasteiger partial charge in [0.2, 0.25) is 5.91 Å². The molecule has 0 spiro atoms. The van der Waals surface area contributed by atoms with Gasteiger partial charge in [-0.15, -0.1) is 0 Å². The average molecular weight is 227 g/mol. The first-order chi connectivity index (χ1) is 7.66. The molecular formula is C14H29NO. The highest BCUT2D eigenvalue weighted by Gasteiger charge is 1.96. The van der Waals surface area contributed by atoms with E-state index < -0.39 is 0 Å². The number of nitrogens with one attached hydrogen (secondary N) is 1. The van der Waals surface area contributed by atoms with Crippen LogP contribution >= 0.6 is 0 Å². The molecule has 0 heterocycles. The summed E-state index contributed by atoms with van der Waals surface area (Å²) in [5, 5.41) is 2.91. The maximum atomic E-state index is 10.9. The van der Waals surface area contributed by atoms with Gasteiger partial charge in [0.1, 0.15) is 0 Å². The van der Waals surface area contributed by atoms with E-state index in [2.05, 4.69) is 19.2 Å². The smallest absolute Gasteiger partial charge is 0.219 e. The molecule has 2 nitrogen and oxygen atoms in total. The van der Waals surface area contributed by atoms with Crippen LogP contribution in [0.25, 0.3) is 0 Å². The minimum atomic E-state index is 0.178. The van der Waals surface area contributed by atoms with Gasteiger partial charge in [-0.25, -0.2) is 0 Å². The third-order valence-electron chi connectivity index (χ3n) is 2.85. The van der Waals surface area contributed by atoms with E-state index in [1.54, 1.807) is 0 Å². The van der Waals surface area contributed by atoms with Crippen molar-refractivity contribution in [2.24, 2.45) is 5.92 Å². The standard InChI is InChI=1S/C14H29NO/c1-4-14(16)15-12-10-8-6-5-7-9-11-13(2)3/h13H,4-12H2,1-3H3,(H,15,16). The van der Waals surface area contributed by atoms with Crippen LogP contribution < -0.4 is 5.32 Å². The van der Waals surface area contributed by atoms with Crippen LogP contribution in [0.4, 0.5) is 0 Å². The predicted octanol–water partition coefficient (Wildman–Crippen LogP) is 3.90. The van der Waals surface area contributed by atoms with Crippen molar-refractivity contribution in [2.75, 3.05) is 6.54 Å². The van der Waals surface area contributed by atoms with Crippen molar-refractivity contribution in [1.82, 2.24) is 5.32 Å². The Bertz CT molecular complexity index is 166. The van der Waals surface area contributed by atoms with Gasteiger partial charge >= 0.3 is 0 Å². The van der Waals surface area contributed by atoms with Crippen molar-refractivity contribution >= 4 is 5.91 Å². The zero-order chi connectivity index (χ0) is 12.2. The molecule has 1 N–H and O–H groups in total. The van der Waals surface area contributed by atoms with Crippen LogP contribution in [0.5, 0.6) is 0 Å². The van der Waals surface area contributed by atoms with Gasteiger partial charge in [0.05, 0.1) is 0 Å². The van der Waals surface area contributed by atoms with Crippen molar-refractivity contribution in [3.63, 3.8) is 0 Å². The largest absolute Gasteiger partial charge is 0.356 e. The molecule has 0 fully saturated rings. The van der Waals surface area contributed by atoms with Crippen LogP contribution in [0, 0.1) is 5.92 Å². The van der Waals surface area contributed by atoms with Crippen LogP contribution in [0.2, 0.25) is 0 Å². The molecule has 96 valence electrons. The Kier molecular flexibility index (Phi) is 10.6. The number of rotatable bonds is 10. The van der Waals surface area contributed by atoms with E-state index in [1.807, 2.05) is 6.92 Å². The molecule has 0 rings (SSSR count). The van der Waals surface area contributed by atoms with Gasteiger partial charge in [0.15, 0.2) is 0 Å². The van der Waals surface area contributed by atoms with Gasteiger partial charge in [-0.2, -0.15) is 0 Å². The molecule has 0 atom stereocenters. The molecule has 0 bridgehead atoms. The molecule has 0 saturated heterocycles. The fourth-order valence-electron chi connectivity index (χ4n) is 1.74. The number of hydrogen-bond acceptors (Lipinski definition) is 1. The molecule has 0 radical (unpaired) electrons. The van der Waals surface area contributed by atoms with E-state index >= 15 is 0 Å².